The van der Waals surface area contributed by atoms with Gasteiger partial charge in [0.15, 0.2) is 16.7 Å². The number of fused-ring (bicyclic) bond motifs is 4. The van der Waals surface area contributed by atoms with Gasteiger partial charge in [-0.25, -0.2) is 4.98 Å². The molecule has 0 saturated carbocycles. The third-order valence-corrected chi connectivity index (χ3v) is 6.79. The maximum absolute atomic E-state index is 13.1. The molecule has 1 saturated heterocycles. The number of carbonyl (C=O) groups is 2. The second kappa shape index (κ2) is 7.76. The van der Waals surface area contributed by atoms with Crippen LogP contribution in [0.25, 0.3) is 11.0 Å². The minimum Gasteiger partial charge on any atom is -0.332 e. The Morgan fingerprint density at radius 2 is 1.69 bits per heavy atom. The Labute approximate surface area is 173 Å². The van der Waals surface area contributed by atoms with Gasteiger partial charge in [0.05, 0.1) is 16.6 Å². The number of aromatic amines is 1. The summed E-state index contributed by atoms with van der Waals surface area (Å²) in [4.78, 5) is 36.5. The Morgan fingerprint density at radius 1 is 0.931 bits per heavy atom. The second-order valence-corrected chi connectivity index (χ2v) is 8.82. The Morgan fingerprint density at radius 3 is 2.48 bits per heavy atom. The van der Waals surface area contributed by atoms with E-state index in [0.717, 1.165) is 29.4 Å². The standard InChI is InChI=1S/C23H23N3O2S/c27-21-15-7-2-3-8-16(15)22(28)19-17(21)9-10-18-20(19)25-23(24-18)29-14-6-13-26-11-4-1-5-12-26/h2-3,7-10H,1,4-6,11-14H2,(H,24,25). The van der Waals surface area contributed by atoms with Crippen molar-refractivity contribution in [1.82, 2.24) is 14.9 Å². The number of carbonyl (C=O) groups excluding carboxylic acids is 2. The van der Waals surface area contributed by atoms with E-state index in [0.29, 0.717) is 27.8 Å². The lowest BCUT2D eigenvalue weighted by atomic mass is 9.83. The number of imidazole rings is 1. The fourth-order valence-corrected chi connectivity index (χ4v) is 5.15. The van der Waals surface area contributed by atoms with E-state index in [1.54, 1.807) is 42.1 Å². The summed E-state index contributed by atoms with van der Waals surface area (Å²) in [7, 11) is 0. The number of hydrogen-bond acceptors (Lipinski definition) is 5. The number of thioether (sulfide) groups is 1. The van der Waals surface area contributed by atoms with Gasteiger partial charge in [0.25, 0.3) is 0 Å². The van der Waals surface area contributed by atoms with Crippen molar-refractivity contribution in [2.75, 3.05) is 25.4 Å². The lowest BCUT2D eigenvalue weighted by Gasteiger charge is -2.26. The molecular formula is C23H23N3O2S. The van der Waals surface area contributed by atoms with Crippen LogP contribution in [0, 0.1) is 0 Å². The SMILES string of the molecule is O=C1c2ccccc2C(=O)c2c1ccc1nc(SCCCN3CCCCC3)[nH]c21. The molecular weight excluding hydrogens is 382 g/mol. The summed E-state index contributed by atoms with van der Waals surface area (Å²) in [6.45, 7) is 3.57. The number of nitrogens with one attached hydrogen (secondary N) is 1. The zero-order valence-electron chi connectivity index (χ0n) is 16.2. The van der Waals surface area contributed by atoms with Crippen molar-refractivity contribution in [3.05, 3.63) is 58.7 Å². The smallest absolute Gasteiger partial charge is 0.196 e. The van der Waals surface area contributed by atoms with Gasteiger partial charge in [-0.1, -0.05) is 42.4 Å². The van der Waals surface area contributed by atoms with Gasteiger partial charge in [0.2, 0.25) is 0 Å². The zero-order valence-corrected chi connectivity index (χ0v) is 17.1. The maximum Gasteiger partial charge on any atom is 0.196 e. The van der Waals surface area contributed by atoms with Crippen LogP contribution in [0.15, 0.2) is 41.6 Å². The summed E-state index contributed by atoms with van der Waals surface area (Å²) in [5.74, 6) is 0.780. The number of aromatic nitrogens is 2. The topological polar surface area (TPSA) is 66.1 Å². The molecule has 1 N–H and O–H groups in total. The van der Waals surface area contributed by atoms with Gasteiger partial charge in [0, 0.05) is 22.4 Å². The predicted molar refractivity (Wildman–Crippen MR) is 115 cm³/mol. The molecule has 2 heterocycles. The molecule has 0 spiro atoms. The van der Waals surface area contributed by atoms with Crippen molar-refractivity contribution in [3.8, 4) is 0 Å². The summed E-state index contributed by atoms with van der Waals surface area (Å²) in [5.41, 5.74) is 3.29. The number of hydrogen-bond donors (Lipinski definition) is 1. The predicted octanol–water partition coefficient (Wildman–Crippen LogP) is 4.31. The molecule has 3 aromatic rings. The number of H-pyrrole nitrogens is 1. The van der Waals surface area contributed by atoms with Crippen LogP contribution >= 0.6 is 11.8 Å². The summed E-state index contributed by atoms with van der Waals surface area (Å²) < 4.78 is 0. The van der Waals surface area contributed by atoms with E-state index in [9.17, 15) is 9.59 Å². The van der Waals surface area contributed by atoms with Crippen LogP contribution in [0.4, 0.5) is 0 Å². The van der Waals surface area contributed by atoms with Crippen LogP contribution < -0.4 is 0 Å². The molecule has 29 heavy (non-hydrogen) atoms. The van der Waals surface area contributed by atoms with E-state index >= 15 is 0 Å². The summed E-state index contributed by atoms with van der Waals surface area (Å²) >= 11 is 1.68. The molecule has 6 heteroatoms. The molecule has 5 rings (SSSR count). The fourth-order valence-electron chi connectivity index (χ4n) is 4.35. The average Bonchev–Trinajstić information content (AvgIpc) is 3.18. The van der Waals surface area contributed by atoms with Gasteiger partial charge in [0.1, 0.15) is 0 Å². The number of piperidine rings is 1. The molecule has 0 amide bonds. The fraction of sp³-hybridized carbons (Fsp3) is 0.348. The largest absolute Gasteiger partial charge is 0.332 e. The van der Waals surface area contributed by atoms with E-state index in [1.165, 1.54) is 32.4 Å². The molecule has 0 unspecified atom stereocenters. The lowest BCUT2D eigenvalue weighted by molar-refractivity contribution is 0.0980. The van der Waals surface area contributed by atoms with Crippen molar-refractivity contribution in [2.24, 2.45) is 0 Å². The van der Waals surface area contributed by atoms with Crippen LogP contribution in [0.1, 0.15) is 57.5 Å². The summed E-state index contributed by atoms with van der Waals surface area (Å²) in [5, 5.41) is 0.811. The van der Waals surface area contributed by atoms with Gasteiger partial charge >= 0.3 is 0 Å². The Kier molecular flexibility index (Phi) is 4.97. The van der Waals surface area contributed by atoms with Gasteiger partial charge < -0.3 is 9.88 Å². The first-order valence-corrected chi connectivity index (χ1v) is 11.3. The molecule has 0 atom stereocenters. The van der Waals surface area contributed by atoms with Gasteiger partial charge in [-0.2, -0.15) is 0 Å². The maximum atomic E-state index is 13.1. The van der Waals surface area contributed by atoms with Crippen molar-refractivity contribution in [3.63, 3.8) is 0 Å². The zero-order chi connectivity index (χ0) is 19.8. The van der Waals surface area contributed by atoms with Crippen molar-refractivity contribution in [1.29, 1.82) is 0 Å². The van der Waals surface area contributed by atoms with Gasteiger partial charge in [-0.15, -0.1) is 0 Å². The Hall–Kier alpha value is -2.44. The Bertz CT molecular complexity index is 1100. The minimum absolute atomic E-state index is 0.0950. The first kappa shape index (κ1) is 18.6. The van der Waals surface area contributed by atoms with E-state index in [4.69, 9.17) is 0 Å². The molecule has 0 bridgehead atoms. The highest BCUT2D eigenvalue weighted by Gasteiger charge is 2.31. The van der Waals surface area contributed by atoms with E-state index < -0.39 is 0 Å². The normalized spacial score (nSPS) is 16.8. The number of benzene rings is 2. The van der Waals surface area contributed by atoms with Crippen molar-refractivity contribution in [2.45, 2.75) is 30.8 Å². The molecule has 1 aliphatic carbocycles. The highest BCUT2D eigenvalue weighted by molar-refractivity contribution is 7.99. The van der Waals surface area contributed by atoms with E-state index in [1.807, 2.05) is 6.07 Å². The van der Waals surface area contributed by atoms with Crippen LogP contribution in [0.2, 0.25) is 0 Å². The number of nitrogens with zero attached hydrogens (tertiary/aromatic N) is 2. The third-order valence-electron chi connectivity index (χ3n) is 5.83. The second-order valence-electron chi connectivity index (χ2n) is 7.73. The molecule has 2 aliphatic rings. The number of ketones is 2. The molecule has 1 fully saturated rings. The van der Waals surface area contributed by atoms with Crippen LogP contribution in [-0.4, -0.2) is 51.8 Å². The first-order valence-electron chi connectivity index (χ1n) is 10.3. The summed E-state index contributed by atoms with van der Waals surface area (Å²) in [6, 6.07) is 10.6. The van der Waals surface area contributed by atoms with Crippen LogP contribution in [0.5, 0.6) is 0 Å². The average molecular weight is 406 g/mol. The molecule has 1 aliphatic heterocycles. The van der Waals surface area contributed by atoms with E-state index in [2.05, 4.69) is 14.9 Å². The van der Waals surface area contributed by atoms with Crippen molar-refractivity contribution >= 4 is 34.4 Å². The lowest BCUT2D eigenvalue weighted by Crippen LogP contribution is -2.30. The Balaban J connectivity index is 1.36. The number of likely N-dealkylation sites (tertiary alicyclic amines) is 1. The number of rotatable bonds is 5. The highest BCUT2D eigenvalue weighted by Crippen LogP contribution is 2.32. The highest BCUT2D eigenvalue weighted by atomic mass is 32.2. The molecule has 148 valence electrons. The molecule has 0 radical (unpaired) electrons. The monoisotopic (exact) mass is 405 g/mol. The quantitative estimate of drug-likeness (QED) is 0.396. The van der Waals surface area contributed by atoms with Crippen LogP contribution in [0.3, 0.4) is 0 Å². The van der Waals surface area contributed by atoms with Gasteiger partial charge in [-0.05, 0) is 51.0 Å². The molecule has 2 aromatic carbocycles. The molecule has 5 nitrogen and oxygen atoms in total. The van der Waals surface area contributed by atoms with E-state index in [-0.39, 0.29) is 11.6 Å². The minimum atomic E-state index is -0.105. The molecule has 1 aromatic heterocycles. The van der Waals surface area contributed by atoms with Crippen LogP contribution in [-0.2, 0) is 0 Å². The van der Waals surface area contributed by atoms with Crippen molar-refractivity contribution < 1.29 is 9.59 Å². The third kappa shape index (κ3) is 3.40. The first-order chi connectivity index (χ1) is 14.2. The summed E-state index contributed by atoms with van der Waals surface area (Å²) in [6.07, 6.45) is 5.11. The van der Waals surface area contributed by atoms with Gasteiger partial charge in [-0.3, -0.25) is 9.59 Å².